The first-order valence-electron chi connectivity index (χ1n) is 7.28. The van der Waals surface area contributed by atoms with Crippen LogP contribution in [-0.4, -0.2) is 19.7 Å². The lowest BCUT2D eigenvalue weighted by atomic mass is 9.70. The first-order chi connectivity index (χ1) is 8.85. The minimum absolute atomic E-state index is 0.731. The Balaban J connectivity index is 1.92. The largest absolute Gasteiger partial charge is 0.494 e. The smallest absolute Gasteiger partial charge is 0.119 e. The Bertz CT molecular complexity index is 364. The van der Waals surface area contributed by atoms with Crippen molar-refractivity contribution in [2.45, 2.75) is 39.0 Å². The summed E-state index contributed by atoms with van der Waals surface area (Å²) in [4.78, 5) is 0. The number of hydrogen-bond acceptors (Lipinski definition) is 2. The van der Waals surface area contributed by atoms with Gasteiger partial charge >= 0.3 is 0 Å². The third-order valence-electron chi connectivity index (χ3n) is 3.85. The summed E-state index contributed by atoms with van der Waals surface area (Å²) in [6.45, 7) is 7.31. The van der Waals surface area contributed by atoms with E-state index in [1.165, 1.54) is 24.8 Å². The van der Waals surface area contributed by atoms with E-state index >= 15 is 0 Å². The van der Waals surface area contributed by atoms with Crippen molar-refractivity contribution < 1.29 is 4.74 Å². The van der Waals surface area contributed by atoms with Gasteiger partial charge in [0.05, 0.1) is 6.61 Å². The van der Waals surface area contributed by atoms with Gasteiger partial charge in [-0.15, -0.1) is 0 Å². The molecule has 0 amide bonds. The third kappa shape index (κ3) is 3.26. The molecule has 2 rings (SSSR count). The van der Waals surface area contributed by atoms with Gasteiger partial charge in [0.2, 0.25) is 0 Å². The topological polar surface area (TPSA) is 21.3 Å². The molecule has 0 aromatic heterocycles. The zero-order valence-corrected chi connectivity index (χ0v) is 11.6. The lowest BCUT2D eigenvalue weighted by Gasteiger charge is -2.37. The van der Waals surface area contributed by atoms with Gasteiger partial charge in [0.25, 0.3) is 0 Å². The highest BCUT2D eigenvalue weighted by molar-refractivity contribution is 5.32. The fourth-order valence-electron chi connectivity index (χ4n) is 2.72. The molecule has 2 nitrogen and oxygen atoms in total. The van der Waals surface area contributed by atoms with Crippen molar-refractivity contribution >= 4 is 0 Å². The second kappa shape index (κ2) is 6.79. The average Bonchev–Trinajstić information content (AvgIpc) is 2.34. The first kappa shape index (κ1) is 13.4. The highest BCUT2D eigenvalue weighted by atomic mass is 16.5. The molecule has 1 saturated carbocycles. The Morgan fingerprint density at radius 2 is 2.17 bits per heavy atom. The van der Waals surface area contributed by atoms with Gasteiger partial charge in [-0.2, -0.15) is 0 Å². The van der Waals surface area contributed by atoms with Crippen molar-refractivity contribution in [3.8, 4) is 5.75 Å². The second-order valence-corrected chi connectivity index (χ2v) is 5.15. The minimum atomic E-state index is 0.731. The Labute approximate surface area is 111 Å². The van der Waals surface area contributed by atoms with Crippen LogP contribution in [0.3, 0.4) is 0 Å². The van der Waals surface area contributed by atoms with Gasteiger partial charge in [-0.3, -0.25) is 0 Å². The number of ether oxygens (including phenoxy) is 1. The molecule has 100 valence electrons. The summed E-state index contributed by atoms with van der Waals surface area (Å²) in [6.07, 6.45) is 3.91. The molecule has 0 spiro atoms. The van der Waals surface area contributed by atoms with E-state index in [0.29, 0.717) is 0 Å². The predicted molar refractivity (Wildman–Crippen MR) is 76.2 cm³/mol. The fraction of sp³-hybridized carbons (Fsp3) is 0.625. The van der Waals surface area contributed by atoms with Gasteiger partial charge in [0.15, 0.2) is 0 Å². The Hall–Kier alpha value is -1.02. The second-order valence-electron chi connectivity index (χ2n) is 5.15. The van der Waals surface area contributed by atoms with Crippen molar-refractivity contribution in [2.75, 3.05) is 19.7 Å². The molecule has 1 aromatic rings. The molecule has 2 heteroatoms. The van der Waals surface area contributed by atoms with Crippen molar-refractivity contribution in [1.82, 2.24) is 5.32 Å². The van der Waals surface area contributed by atoms with E-state index < -0.39 is 0 Å². The molecule has 2 unspecified atom stereocenters. The number of hydrogen-bond donors (Lipinski definition) is 1. The summed E-state index contributed by atoms with van der Waals surface area (Å²) < 4.78 is 5.58. The lowest BCUT2D eigenvalue weighted by molar-refractivity contribution is 0.245. The maximum absolute atomic E-state index is 5.58. The normalized spacial score (nSPS) is 22.6. The molecule has 0 radical (unpaired) electrons. The van der Waals surface area contributed by atoms with E-state index in [1.54, 1.807) is 0 Å². The van der Waals surface area contributed by atoms with E-state index in [0.717, 1.165) is 37.3 Å². The first-order valence-corrected chi connectivity index (χ1v) is 7.28. The van der Waals surface area contributed by atoms with Crippen LogP contribution in [0.4, 0.5) is 0 Å². The molecule has 0 aliphatic heterocycles. The molecule has 0 bridgehead atoms. The molecule has 0 saturated heterocycles. The third-order valence-corrected chi connectivity index (χ3v) is 3.85. The van der Waals surface area contributed by atoms with Crippen LogP contribution in [0.25, 0.3) is 0 Å². The van der Waals surface area contributed by atoms with Crippen LogP contribution >= 0.6 is 0 Å². The molecular weight excluding hydrogens is 222 g/mol. The maximum Gasteiger partial charge on any atom is 0.119 e. The van der Waals surface area contributed by atoms with Crippen molar-refractivity contribution in [3.63, 3.8) is 0 Å². The molecule has 1 fully saturated rings. The van der Waals surface area contributed by atoms with E-state index in [9.17, 15) is 0 Å². The molecule has 1 aliphatic rings. The minimum Gasteiger partial charge on any atom is -0.494 e. The van der Waals surface area contributed by atoms with Crippen LogP contribution in [-0.2, 0) is 0 Å². The zero-order valence-electron chi connectivity index (χ0n) is 11.6. The summed E-state index contributed by atoms with van der Waals surface area (Å²) in [5.41, 5.74) is 1.45. The summed E-state index contributed by atoms with van der Waals surface area (Å²) in [6, 6.07) is 8.64. The Kier molecular flexibility index (Phi) is 5.06. The van der Waals surface area contributed by atoms with Crippen LogP contribution in [0, 0.1) is 5.92 Å². The molecule has 0 heterocycles. The van der Waals surface area contributed by atoms with Crippen LogP contribution in [0.5, 0.6) is 5.75 Å². The molecule has 1 aliphatic carbocycles. The van der Waals surface area contributed by atoms with Gasteiger partial charge in [0, 0.05) is 0 Å². The number of rotatable bonds is 7. The van der Waals surface area contributed by atoms with Gasteiger partial charge < -0.3 is 10.1 Å². The van der Waals surface area contributed by atoms with E-state index in [1.807, 2.05) is 6.92 Å². The highest BCUT2D eigenvalue weighted by Crippen LogP contribution is 2.42. The predicted octanol–water partition coefficient (Wildman–Crippen LogP) is 3.58. The summed E-state index contributed by atoms with van der Waals surface area (Å²) >= 11 is 0. The summed E-state index contributed by atoms with van der Waals surface area (Å²) in [5, 5.41) is 3.55. The van der Waals surface area contributed by atoms with Gasteiger partial charge in [-0.25, -0.2) is 0 Å². The maximum atomic E-state index is 5.58. The highest BCUT2D eigenvalue weighted by Gasteiger charge is 2.31. The van der Waals surface area contributed by atoms with Gasteiger partial charge in [-0.05, 0) is 68.8 Å². The number of benzene rings is 1. The molecular formula is C16H25NO. The van der Waals surface area contributed by atoms with Crippen LogP contribution < -0.4 is 10.1 Å². The van der Waals surface area contributed by atoms with Crippen molar-refractivity contribution in [2.24, 2.45) is 5.92 Å². The van der Waals surface area contributed by atoms with Crippen molar-refractivity contribution in [1.29, 1.82) is 0 Å². The van der Waals surface area contributed by atoms with Crippen molar-refractivity contribution in [3.05, 3.63) is 29.8 Å². The lowest BCUT2D eigenvalue weighted by Crippen LogP contribution is -2.34. The van der Waals surface area contributed by atoms with Gasteiger partial charge in [-0.1, -0.05) is 19.1 Å². The van der Waals surface area contributed by atoms with Crippen LogP contribution in [0.15, 0.2) is 24.3 Å². The Morgan fingerprint density at radius 3 is 2.83 bits per heavy atom. The zero-order chi connectivity index (χ0) is 12.8. The van der Waals surface area contributed by atoms with E-state index in [2.05, 4.69) is 36.5 Å². The monoisotopic (exact) mass is 247 g/mol. The summed E-state index contributed by atoms with van der Waals surface area (Å²) in [7, 11) is 0. The molecule has 2 atom stereocenters. The average molecular weight is 247 g/mol. The number of nitrogens with one attached hydrogen (secondary N) is 1. The van der Waals surface area contributed by atoms with E-state index in [4.69, 9.17) is 4.74 Å². The van der Waals surface area contributed by atoms with Crippen LogP contribution in [0.1, 0.15) is 44.6 Å². The molecule has 1 N–H and O–H groups in total. The fourth-order valence-corrected chi connectivity index (χ4v) is 2.72. The Morgan fingerprint density at radius 1 is 1.28 bits per heavy atom. The van der Waals surface area contributed by atoms with E-state index in [-0.39, 0.29) is 0 Å². The SMILES string of the molecule is CCCNCC1CCC1c1cccc(OCC)c1. The van der Waals surface area contributed by atoms with Crippen LogP contribution in [0.2, 0.25) is 0 Å². The summed E-state index contributed by atoms with van der Waals surface area (Å²) in [5.74, 6) is 2.56. The standard InChI is InChI=1S/C16H25NO/c1-3-10-17-12-14-8-9-16(14)13-6-5-7-15(11-13)18-4-2/h5-7,11,14,16-17H,3-4,8-10,12H2,1-2H3. The molecule has 1 aromatic carbocycles. The van der Waals surface area contributed by atoms with Gasteiger partial charge in [0.1, 0.15) is 5.75 Å². The molecule has 18 heavy (non-hydrogen) atoms. The quantitative estimate of drug-likeness (QED) is 0.744.